The molecule has 0 unspecified atom stereocenters. The first kappa shape index (κ1) is 10.9. The number of benzene rings is 1. The summed E-state index contributed by atoms with van der Waals surface area (Å²) in [6.07, 6.45) is 0.550. The van der Waals surface area contributed by atoms with Crippen molar-refractivity contribution in [3.05, 3.63) is 23.3 Å². The maximum absolute atomic E-state index is 8.94. The van der Waals surface area contributed by atoms with Crippen LogP contribution in [-0.2, 0) is 6.42 Å². The summed E-state index contributed by atoms with van der Waals surface area (Å²) in [6, 6.07) is 3.83. The molecule has 0 saturated carbocycles. The normalized spacial score (nSPS) is 10.0. The Hall–Kier alpha value is -1.22. The molecule has 0 aliphatic heterocycles. The van der Waals surface area contributed by atoms with Crippen LogP contribution in [-0.4, -0.2) is 25.9 Å². The highest BCUT2D eigenvalue weighted by atomic mass is 16.5. The van der Waals surface area contributed by atoms with E-state index < -0.39 is 0 Å². The van der Waals surface area contributed by atoms with E-state index in [0.29, 0.717) is 6.42 Å². The lowest BCUT2D eigenvalue weighted by molar-refractivity contribution is 0.293. The van der Waals surface area contributed by atoms with Gasteiger partial charge in [-0.05, 0) is 18.6 Å². The summed E-state index contributed by atoms with van der Waals surface area (Å²) in [7, 11) is 3.24. The number of methoxy groups -OCH3 is 2. The van der Waals surface area contributed by atoms with Gasteiger partial charge in [-0.2, -0.15) is 0 Å². The number of aryl methyl sites for hydroxylation is 1. The Kier molecular flexibility index (Phi) is 3.77. The molecule has 0 aliphatic rings. The van der Waals surface area contributed by atoms with Gasteiger partial charge in [0.15, 0.2) is 0 Å². The van der Waals surface area contributed by atoms with Gasteiger partial charge in [0, 0.05) is 18.6 Å². The van der Waals surface area contributed by atoms with Gasteiger partial charge >= 0.3 is 0 Å². The van der Waals surface area contributed by atoms with Gasteiger partial charge in [0.1, 0.15) is 11.5 Å². The minimum absolute atomic E-state index is 0.0934. The predicted molar refractivity (Wildman–Crippen MR) is 55.1 cm³/mol. The van der Waals surface area contributed by atoms with Crippen LogP contribution in [0.2, 0.25) is 0 Å². The highest BCUT2D eigenvalue weighted by Gasteiger charge is 2.11. The molecular weight excluding hydrogens is 180 g/mol. The Morgan fingerprint density at radius 3 is 2.43 bits per heavy atom. The second-order valence-electron chi connectivity index (χ2n) is 3.07. The summed E-state index contributed by atoms with van der Waals surface area (Å²) < 4.78 is 10.5. The molecule has 1 N–H and O–H groups in total. The summed E-state index contributed by atoms with van der Waals surface area (Å²) >= 11 is 0. The molecule has 1 rings (SSSR count). The van der Waals surface area contributed by atoms with E-state index in [1.165, 1.54) is 0 Å². The number of hydrogen-bond donors (Lipinski definition) is 1. The van der Waals surface area contributed by atoms with Crippen LogP contribution in [0.4, 0.5) is 0 Å². The molecule has 0 aromatic heterocycles. The third kappa shape index (κ3) is 1.99. The maximum atomic E-state index is 8.94. The third-order valence-electron chi connectivity index (χ3n) is 2.20. The van der Waals surface area contributed by atoms with Crippen molar-refractivity contribution in [2.75, 3.05) is 20.8 Å². The zero-order valence-electron chi connectivity index (χ0n) is 8.83. The van der Waals surface area contributed by atoms with Gasteiger partial charge < -0.3 is 14.6 Å². The summed E-state index contributed by atoms with van der Waals surface area (Å²) in [5.74, 6) is 1.57. The predicted octanol–water partition coefficient (Wildman–Crippen LogP) is 1.55. The molecule has 0 amide bonds. The molecule has 1 aromatic carbocycles. The smallest absolute Gasteiger partial charge is 0.128 e. The Bertz CT molecular complexity index is 308. The van der Waals surface area contributed by atoms with E-state index in [1.807, 2.05) is 19.1 Å². The van der Waals surface area contributed by atoms with E-state index in [4.69, 9.17) is 14.6 Å². The van der Waals surface area contributed by atoms with Gasteiger partial charge in [-0.25, -0.2) is 0 Å². The number of aliphatic hydroxyl groups excluding tert-OH is 1. The molecule has 0 heterocycles. The SMILES string of the molecule is COc1ccc(C)c(OC)c1CCO. The fourth-order valence-corrected chi connectivity index (χ4v) is 1.55. The molecular formula is C11H16O3. The number of hydrogen-bond acceptors (Lipinski definition) is 3. The Labute approximate surface area is 84.3 Å². The highest BCUT2D eigenvalue weighted by molar-refractivity contribution is 5.49. The van der Waals surface area contributed by atoms with E-state index in [9.17, 15) is 0 Å². The van der Waals surface area contributed by atoms with Crippen molar-refractivity contribution in [3.63, 3.8) is 0 Å². The van der Waals surface area contributed by atoms with Gasteiger partial charge in [0.2, 0.25) is 0 Å². The third-order valence-corrected chi connectivity index (χ3v) is 2.20. The van der Waals surface area contributed by atoms with Gasteiger partial charge in [0.05, 0.1) is 14.2 Å². The standard InChI is InChI=1S/C11H16O3/c1-8-4-5-10(13-2)9(6-7-12)11(8)14-3/h4-5,12H,6-7H2,1-3H3. The van der Waals surface area contributed by atoms with Crippen LogP contribution in [0.1, 0.15) is 11.1 Å². The second kappa shape index (κ2) is 4.86. The highest BCUT2D eigenvalue weighted by Crippen LogP contribution is 2.31. The van der Waals surface area contributed by atoms with Crippen LogP contribution in [0, 0.1) is 6.92 Å². The van der Waals surface area contributed by atoms with Crippen molar-refractivity contribution in [1.29, 1.82) is 0 Å². The van der Waals surface area contributed by atoms with Crippen molar-refractivity contribution in [3.8, 4) is 11.5 Å². The molecule has 0 saturated heterocycles. The average molecular weight is 196 g/mol. The first-order valence-electron chi connectivity index (χ1n) is 4.56. The van der Waals surface area contributed by atoms with Crippen molar-refractivity contribution in [1.82, 2.24) is 0 Å². The van der Waals surface area contributed by atoms with E-state index >= 15 is 0 Å². The monoisotopic (exact) mass is 196 g/mol. The molecule has 0 atom stereocenters. The van der Waals surface area contributed by atoms with Gasteiger partial charge in [-0.1, -0.05) is 6.07 Å². The molecule has 0 bridgehead atoms. The van der Waals surface area contributed by atoms with Gasteiger partial charge in [-0.3, -0.25) is 0 Å². The number of rotatable bonds is 4. The summed E-state index contributed by atoms with van der Waals surface area (Å²) in [5, 5.41) is 8.94. The number of ether oxygens (including phenoxy) is 2. The van der Waals surface area contributed by atoms with Gasteiger partial charge in [-0.15, -0.1) is 0 Å². The van der Waals surface area contributed by atoms with Crippen LogP contribution in [0.3, 0.4) is 0 Å². The first-order chi connectivity index (χ1) is 6.74. The zero-order valence-corrected chi connectivity index (χ0v) is 8.83. The fraction of sp³-hybridized carbons (Fsp3) is 0.455. The summed E-state index contributed by atoms with van der Waals surface area (Å²) in [4.78, 5) is 0. The van der Waals surface area contributed by atoms with Crippen LogP contribution >= 0.6 is 0 Å². The molecule has 3 nitrogen and oxygen atoms in total. The molecule has 14 heavy (non-hydrogen) atoms. The lowest BCUT2D eigenvalue weighted by Crippen LogP contribution is -2.01. The Morgan fingerprint density at radius 1 is 1.21 bits per heavy atom. The second-order valence-corrected chi connectivity index (χ2v) is 3.07. The largest absolute Gasteiger partial charge is 0.496 e. The van der Waals surface area contributed by atoms with E-state index in [-0.39, 0.29) is 6.61 Å². The van der Waals surface area contributed by atoms with Crippen molar-refractivity contribution in [2.24, 2.45) is 0 Å². The molecule has 3 heteroatoms. The maximum Gasteiger partial charge on any atom is 0.128 e. The number of aliphatic hydroxyl groups is 1. The van der Waals surface area contributed by atoms with Crippen LogP contribution in [0.25, 0.3) is 0 Å². The van der Waals surface area contributed by atoms with Crippen molar-refractivity contribution >= 4 is 0 Å². The molecule has 0 radical (unpaired) electrons. The molecule has 0 fully saturated rings. The molecule has 0 aliphatic carbocycles. The minimum Gasteiger partial charge on any atom is -0.496 e. The fourth-order valence-electron chi connectivity index (χ4n) is 1.55. The summed E-state index contributed by atoms with van der Waals surface area (Å²) in [5.41, 5.74) is 1.98. The van der Waals surface area contributed by atoms with Crippen molar-refractivity contribution < 1.29 is 14.6 Å². The van der Waals surface area contributed by atoms with E-state index in [0.717, 1.165) is 22.6 Å². The van der Waals surface area contributed by atoms with Crippen molar-refractivity contribution in [2.45, 2.75) is 13.3 Å². The zero-order chi connectivity index (χ0) is 10.6. The minimum atomic E-state index is 0.0934. The average Bonchev–Trinajstić information content (AvgIpc) is 2.19. The van der Waals surface area contributed by atoms with Crippen LogP contribution < -0.4 is 9.47 Å². The summed E-state index contributed by atoms with van der Waals surface area (Å²) in [6.45, 7) is 2.06. The van der Waals surface area contributed by atoms with Crippen LogP contribution in [0.15, 0.2) is 12.1 Å². The van der Waals surface area contributed by atoms with E-state index in [2.05, 4.69) is 0 Å². The topological polar surface area (TPSA) is 38.7 Å². The lowest BCUT2D eigenvalue weighted by Gasteiger charge is -2.14. The molecule has 1 aromatic rings. The first-order valence-corrected chi connectivity index (χ1v) is 4.56. The Balaban J connectivity index is 3.21. The van der Waals surface area contributed by atoms with Gasteiger partial charge in [0.25, 0.3) is 0 Å². The van der Waals surface area contributed by atoms with Crippen LogP contribution in [0.5, 0.6) is 11.5 Å². The Morgan fingerprint density at radius 2 is 1.93 bits per heavy atom. The molecule has 0 spiro atoms. The lowest BCUT2D eigenvalue weighted by atomic mass is 10.1. The van der Waals surface area contributed by atoms with E-state index in [1.54, 1.807) is 14.2 Å². The molecule has 78 valence electrons. The quantitative estimate of drug-likeness (QED) is 0.794.